The Morgan fingerprint density at radius 1 is 1.18 bits per heavy atom. The quantitative estimate of drug-likeness (QED) is 0.400. The molecule has 1 aromatic heterocycles. The summed E-state index contributed by atoms with van der Waals surface area (Å²) < 4.78 is 42.1. The van der Waals surface area contributed by atoms with Gasteiger partial charge in [0.05, 0.1) is 16.2 Å². The fourth-order valence-corrected chi connectivity index (χ4v) is 5.77. The van der Waals surface area contributed by atoms with E-state index < -0.39 is 20.7 Å². The van der Waals surface area contributed by atoms with E-state index in [4.69, 9.17) is 23.2 Å². The van der Waals surface area contributed by atoms with Gasteiger partial charge in [0.15, 0.2) is 5.82 Å². The maximum absolute atomic E-state index is 14.8. The number of sulfonamides is 1. The van der Waals surface area contributed by atoms with Crippen molar-refractivity contribution < 1.29 is 12.8 Å². The molecule has 0 unspecified atom stereocenters. The summed E-state index contributed by atoms with van der Waals surface area (Å²) in [4.78, 5) is 5.65. The van der Waals surface area contributed by atoms with Crippen molar-refractivity contribution in [2.24, 2.45) is 0 Å². The molecule has 7 nitrogen and oxygen atoms in total. The van der Waals surface area contributed by atoms with E-state index in [0.29, 0.717) is 11.6 Å². The van der Waals surface area contributed by atoms with Crippen molar-refractivity contribution in [3.05, 3.63) is 68.2 Å². The first-order valence-corrected chi connectivity index (χ1v) is 13.3. The number of hydrogen-bond acceptors (Lipinski definition) is 7. The number of nitrogens with zero attached hydrogens (tertiary/aromatic N) is 2. The molecule has 1 fully saturated rings. The topological polar surface area (TPSA) is 86.4 Å². The lowest BCUT2D eigenvalue weighted by Crippen LogP contribution is -2.43. The molecule has 33 heavy (non-hydrogen) atoms. The Bertz CT molecular complexity index is 1220. The molecule has 0 radical (unpaired) electrons. The minimum atomic E-state index is -4.17. The predicted octanol–water partition coefficient (Wildman–Crippen LogP) is 4.41. The van der Waals surface area contributed by atoms with Crippen LogP contribution in [0.5, 0.6) is 0 Å². The average molecular weight is 530 g/mol. The van der Waals surface area contributed by atoms with Crippen LogP contribution in [0, 0.1) is 5.82 Å². The summed E-state index contributed by atoms with van der Waals surface area (Å²) in [5, 5.41) is 8.61. The minimum absolute atomic E-state index is 0.0748. The molecule has 4 rings (SSSR count). The second-order valence-electron chi connectivity index (χ2n) is 7.50. The van der Waals surface area contributed by atoms with E-state index >= 15 is 0 Å². The summed E-state index contributed by atoms with van der Waals surface area (Å²) in [6.45, 7) is 4.83. The molecule has 2 aromatic carbocycles. The Kier molecular flexibility index (Phi) is 7.72. The summed E-state index contributed by atoms with van der Waals surface area (Å²) in [6.07, 6.45) is 0. The highest BCUT2D eigenvalue weighted by Gasteiger charge is 2.22. The molecule has 2 heterocycles. The van der Waals surface area contributed by atoms with Crippen LogP contribution in [0.15, 0.2) is 46.1 Å². The summed E-state index contributed by atoms with van der Waals surface area (Å²) in [5.41, 5.74) is 3.70. The molecule has 1 aliphatic heterocycles. The highest BCUT2D eigenvalue weighted by Crippen LogP contribution is 2.31. The van der Waals surface area contributed by atoms with Gasteiger partial charge in [0.2, 0.25) is 0 Å². The molecule has 0 spiro atoms. The van der Waals surface area contributed by atoms with Crippen molar-refractivity contribution >= 4 is 56.1 Å². The largest absolute Gasteiger partial charge is 0.380 e. The van der Waals surface area contributed by atoms with Crippen LogP contribution in [0.25, 0.3) is 0 Å². The van der Waals surface area contributed by atoms with Crippen LogP contribution >= 0.6 is 34.5 Å². The van der Waals surface area contributed by atoms with Gasteiger partial charge in [0, 0.05) is 49.7 Å². The van der Waals surface area contributed by atoms with E-state index in [1.807, 2.05) is 18.2 Å². The van der Waals surface area contributed by atoms with Gasteiger partial charge in [-0.05, 0) is 29.3 Å². The highest BCUT2D eigenvalue weighted by molar-refractivity contribution is 7.92. The third kappa shape index (κ3) is 5.95. The SMILES string of the molecule is O=S(=O)(Nc1cscn1)c1cc(Cl)c(NCc2c(Cl)cccc2CN2CCNCC2)cc1F. The molecule has 3 aromatic rings. The number of hydrogen-bond donors (Lipinski definition) is 3. The summed E-state index contributed by atoms with van der Waals surface area (Å²) in [6, 6.07) is 7.90. The van der Waals surface area contributed by atoms with Crippen LogP contribution in [0.2, 0.25) is 10.0 Å². The smallest absolute Gasteiger partial charge is 0.266 e. The first kappa shape index (κ1) is 24.2. The van der Waals surface area contributed by atoms with Gasteiger partial charge in [0.1, 0.15) is 10.7 Å². The number of aromatic nitrogens is 1. The first-order valence-electron chi connectivity index (χ1n) is 10.2. The minimum Gasteiger partial charge on any atom is -0.380 e. The van der Waals surface area contributed by atoms with Gasteiger partial charge in [-0.2, -0.15) is 0 Å². The number of piperazine rings is 1. The van der Waals surface area contributed by atoms with Gasteiger partial charge in [-0.25, -0.2) is 17.8 Å². The number of halogens is 3. The van der Waals surface area contributed by atoms with Gasteiger partial charge in [-0.3, -0.25) is 9.62 Å². The van der Waals surface area contributed by atoms with Crippen LogP contribution in [0.1, 0.15) is 11.1 Å². The lowest BCUT2D eigenvalue weighted by atomic mass is 10.1. The lowest BCUT2D eigenvalue weighted by Gasteiger charge is -2.28. The Balaban J connectivity index is 1.52. The van der Waals surface area contributed by atoms with Crippen LogP contribution in [0.4, 0.5) is 15.9 Å². The normalized spacial score (nSPS) is 14.9. The maximum atomic E-state index is 14.8. The van der Waals surface area contributed by atoms with E-state index in [9.17, 15) is 12.8 Å². The van der Waals surface area contributed by atoms with Gasteiger partial charge < -0.3 is 10.6 Å². The summed E-state index contributed by atoms with van der Waals surface area (Å²) >= 11 is 14.0. The van der Waals surface area contributed by atoms with Crippen molar-refractivity contribution in [1.29, 1.82) is 0 Å². The van der Waals surface area contributed by atoms with Crippen molar-refractivity contribution in [1.82, 2.24) is 15.2 Å². The molecule has 12 heteroatoms. The average Bonchev–Trinajstić information content (AvgIpc) is 3.28. The number of benzene rings is 2. The van der Waals surface area contributed by atoms with Crippen LogP contribution in [0.3, 0.4) is 0 Å². The second-order valence-corrected chi connectivity index (χ2v) is 10.7. The molecule has 1 aliphatic rings. The van der Waals surface area contributed by atoms with Gasteiger partial charge in [-0.1, -0.05) is 35.3 Å². The first-order chi connectivity index (χ1) is 15.8. The number of rotatable bonds is 8. The van der Waals surface area contributed by atoms with E-state index in [1.54, 1.807) is 0 Å². The fourth-order valence-electron chi connectivity index (χ4n) is 3.57. The Morgan fingerprint density at radius 3 is 2.70 bits per heavy atom. The summed E-state index contributed by atoms with van der Waals surface area (Å²) in [7, 11) is -4.17. The lowest BCUT2D eigenvalue weighted by molar-refractivity contribution is 0.232. The predicted molar refractivity (Wildman–Crippen MR) is 131 cm³/mol. The summed E-state index contributed by atoms with van der Waals surface area (Å²) in [5.74, 6) is -0.807. The van der Waals surface area contributed by atoms with Crippen LogP contribution < -0.4 is 15.4 Å². The highest BCUT2D eigenvalue weighted by atomic mass is 35.5. The standard InChI is InChI=1S/C21H22Cl2FN5O2S2/c22-16-3-1-2-14(11-29-6-4-25-5-7-29)15(16)10-26-19-9-18(24)20(8-17(19)23)33(30,31)28-21-12-32-13-27-21/h1-3,8-9,12-13,25-26,28H,4-7,10-11H2. The molecule has 0 aliphatic carbocycles. The Hall–Kier alpha value is -1.95. The van der Waals surface area contributed by atoms with E-state index in [1.165, 1.54) is 22.2 Å². The number of thiazole rings is 1. The molecular formula is C21H22Cl2FN5O2S2. The molecule has 176 valence electrons. The number of anilines is 2. The van der Waals surface area contributed by atoms with Crippen LogP contribution in [-0.2, 0) is 23.1 Å². The third-order valence-electron chi connectivity index (χ3n) is 5.26. The van der Waals surface area contributed by atoms with Gasteiger partial charge in [-0.15, -0.1) is 11.3 Å². The molecule has 0 amide bonds. The van der Waals surface area contributed by atoms with E-state index in [2.05, 4.69) is 25.2 Å². The fraction of sp³-hybridized carbons (Fsp3) is 0.286. The van der Waals surface area contributed by atoms with Crippen molar-refractivity contribution in [3.63, 3.8) is 0 Å². The Labute approximate surface area is 206 Å². The Morgan fingerprint density at radius 2 is 1.97 bits per heavy atom. The van der Waals surface area contributed by atoms with Crippen molar-refractivity contribution in [2.45, 2.75) is 18.0 Å². The van der Waals surface area contributed by atoms with Crippen molar-refractivity contribution in [3.8, 4) is 0 Å². The van der Waals surface area contributed by atoms with Gasteiger partial charge in [0.25, 0.3) is 10.0 Å². The number of nitrogens with one attached hydrogen (secondary N) is 3. The third-order valence-corrected chi connectivity index (χ3v) is 7.88. The zero-order valence-electron chi connectivity index (χ0n) is 17.4. The molecule has 0 saturated carbocycles. The molecule has 0 bridgehead atoms. The molecule has 1 saturated heterocycles. The maximum Gasteiger partial charge on any atom is 0.266 e. The van der Waals surface area contributed by atoms with Crippen LogP contribution in [-0.4, -0.2) is 44.5 Å². The zero-order chi connectivity index (χ0) is 23.4. The van der Waals surface area contributed by atoms with Gasteiger partial charge >= 0.3 is 0 Å². The molecular weight excluding hydrogens is 508 g/mol. The zero-order valence-corrected chi connectivity index (χ0v) is 20.6. The second kappa shape index (κ2) is 10.5. The van der Waals surface area contributed by atoms with Crippen molar-refractivity contribution in [2.75, 3.05) is 36.2 Å². The monoisotopic (exact) mass is 529 g/mol. The molecule has 3 N–H and O–H groups in total. The van der Waals surface area contributed by atoms with E-state index in [0.717, 1.165) is 56.0 Å². The molecule has 0 atom stereocenters. The van der Waals surface area contributed by atoms with E-state index in [-0.39, 0.29) is 16.5 Å².